The van der Waals surface area contributed by atoms with Crippen molar-refractivity contribution in [1.29, 1.82) is 0 Å². The van der Waals surface area contributed by atoms with Gasteiger partial charge in [0.1, 0.15) is 0 Å². The van der Waals surface area contributed by atoms with Gasteiger partial charge in [-0.1, -0.05) is 96.0 Å². The minimum Gasteiger partial charge on any atom is -0.481 e. The second kappa shape index (κ2) is 22.4. The van der Waals surface area contributed by atoms with Gasteiger partial charge in [-0.2, -0.15) is 0 Å². The van der Waals surface area contributed by atoms with Crippen molar-refractivity contribution in [3.8, 4) is 0 Å². The molecule has 0 aliphatic heterocycles. The summed E-state index contributed by atoms with van der Waals surface area (Å²) in [5.41, 5.74) is 1.41. The van der Waals surface area contributed by atoms with E-state index in [1.54, 1.807) is 0 Å². The third-order valence-corrected chi connectivity index (χ3v) is 4.23. The van der Waals surface area contributed by atoms with Crippen molar-refractivity contribution in [2.75, 3.05) is 6.61 Å². The minimum absolute atomic E-state index is 0.246. The molecule has 0 spiro atoms. The number of aryl methyl sites for hydroxylation is 1. The van der Waals surface area contributed by atoms with E-state index >= 15 is 0 Å². The van der Waals surface area contributed by atoms with Crippen LogP contribution in [0, 0.1) is 5.92 Å². The third-order valence-electron chi connectivity index (χ3n) is 4.23. The van der Waals surface area contributed by atoms with Crippen molar-refractivity contribution in [3.63, 3.8) is 0 Å². The molecule has 1 aromatic rings. The highest BCUT2D eigenvalue weighted by Crippen LogP contribution is 2.16. The van der Waals surface area contributed by atoms with E-state index in [1.807, 2.05) is 6.07 Å². The molecular formula is C24H42O5. The molecule has 0 amide bonds. The quantitative estimate of drug-likeness (QED) is 0.350. The van der Waals surface area contributed by atoms with Gasteiger partial charge in [-0.05, 0) is 24.8 Å². The number of hydrogen-bond donors (Lipinski definition) is 3. The SMILES string of the molecule is CCC.CCc1ccccc1.O=C(O)C[C@H](CCCCCCCCCO)C(=O)O. The predicted octanol–water partition coefficient (Wildman–Crippen LogP) is 5.94. The summed E-state index contributed by atoms with van der Waals surface area (Å²) in [5, 5.41) is 26.0. The number of hydrogen-bond acceptors (Lipinski definition) is 3. The van der Waals surface area contributed by atoms with Gasteiger partial charge < -0.3 is 15.3 Å². The largest absolute Gasteiger partial charge is 0.481 e. The van der Waals surface area contributed by atoms with Crippen LogP contribution in [0.15, 0.2) is 30.3 Å². The summed E-state index contributed by atoms with van der Waals surface area (Å²) in [7, 11) is 0. The highest BCUT2D eigenvalue weighted by Gasteiger charge is 2.20. The topological polar surface area (TPSA) is 94.8 Å². The molecule has 5 nitrogen and oxygen atoms in total. The number of aliphatic hydroxyl groups excluding tert-OH is 1. The maximum Gasteiger partial charge on any atom is 0.307 e. The molecule has 0 saturated heterocycles. The molecule has 0 radical (unpaired) electrons. The molecule has 0 aromatic heterocycles. The highest BCUT2D eigenvalue weighted by molar-refractivity contribution is 5.77. The first-order chi connectivity index (χ1) is 13.9. The maximum absolute atomic E-state index is 10.8. The lowest BCUT2D eigenvalue weighted by atomic mass is 9.97. The molecule has 168 valence electrons. The smallest absolute Gasteiger partial charge is 0.307 e. The van der Waals surface area contributed by atoms with Gasteiger partial charge in [0.2, 0.25) is 0 Å². The Kier molecular flexibility index (Phi) is 22.7. The number of carboxylic acids is 2. The van der Waals surface area contributed by atoms with Gasteiger partial charge in [0, 0.05) is 6.61 Å². The van der Waals surface area contributed by atoms with Crippen molar-refractivity contribution in [2.24, 2.45) is 5.92 Å². The van der Waals surface area contributed by atoms with Gasteiger partial charge in [-0.3, -0.25) is 9.59 Å². The minimum atomic E-state index is -1.05. The molecule has 0 unspecified atom stereocenters. The van der Waals surface area contributed by atoms with E-state index in [0.717, 1.165) is 51.4 Å². The van der Waals surface area contributed by atoms with Crippen molar-refractivity contribution >= 4 is 11.9 Å². The van der Waals surface area contributed by atoms with Crippen molar-refractivity contribution in [3.05, 3.63) is 35.9 Å². The van der Waals surface area contributed by atoms with E-state index in [1.165, 1.54) is 12.0 Å². The van der Waals surface area contributed by atoms with Crippen LogP contribution in [-0.4, -0.2) is 33.9 Å². The molecule has 0 aliphatic carbocycles. The average Bonchev–Trinajstić information content (AvgIpc) is 2.70. The molecule has 0 fully saturated rings. The van der Waals surface area contributed by atoms with E-state index in [0.29, 0.717) is 6.42 Å². The fourth-order valence-corrected chi connectivity index (χ4v) is 2.62. The number of carbonyl (C=O) groups is 2. The van der Waals surface area contributed by atoms with E-state index in [4.69, 9.17) is 15.3 Å². The Morgan fingerprint density at radius 3 is 1.69 bits per heavy atom. The summed E-state index contributed by atoms with van der Waals surface area (Å²) in [4.78, 5) is 21.3. The molecular weight excluding hydrogens is 368 g/mol. The monoisotopic (exact) mass is 410 g/mol. The molecule has 3 N–H and O–H groups in total. The summed E-state index contributed by atoms with van der Waals surface area (Å²) in [6.45, 7) is 6.66. The molecule has 1 atom stereocenters. The maximum atomic E-state index is 10.8. The number of benzene rings is 1. The normalized spacial score (nSPS) is 10.8. The fraction of sp³-hybridized carbons (Fsp3) is 0.667. The first-order valence-corrected chi connectivity index (χ1v) is 11.0. The number of carboxylic acid groups (broad SMARTS) is 2. The zero-order valence-electron chi connectivity index (χ0n) is 18.6. The zero-order valence-corrected chi connectivity index (χ0v) is 18.6. The van der Waals surface area contributed by atoms with Gasteiger partial charge in [-0.15, -0.1) is 0 Å². The Bertz CT molecular complexity index is 487. The Morgan fingerprint density at radius 2 is 1.31 bits per heavy atom. The number of rotatable bonds is 13. The van der Waals surface area contributed by atoms with Crippen LogP contribution in [0.4, 0.5) is 0 Å². The Labute approximate surface area is 177 Å². The molecule has 0 bridgehead atoms. The molecule has 29 heavy (non-hydrogen) atoms. The molecule has 1 aromatic carbocycles. The summed E-state index contributed by atoms with van der Waals surface area (Å²) in [6.07, 6.45) is 9.38. The molecule has 0 saturated carbocycles. The Balaban J connectivity index is 0. The van der Waals surface area contributed by atoms with E-state index in [2.05, 4.69) is 45.0 Å². The Morgan fingerprint density at radius 1 is 0.828 bits per heavy atom. The fourth-order valence-electron chi connectivity index (χ4n) is 2.62. The average molecular weight is 411 g/mol. The lowest BCUT2D eigenvalue weighted by molar-refractivity contribution is -0.148. The number of unbranched alkanes of at least 4 members (excludes halogenated alkanes) is 6. The van der Waals surface area contributed by atoms with E-state index in [-0.39, 0.29) is 13.0 Å². The van der Waals surface area contributed by atoms with Gasteiger partial charge in [-0.25, -0.2) is 0 Å². The van der Waals surface area contributed by atoms with Crippen LogP contribution in [0.2, 0.25) is 0 Å². The zero-order chi connectivity index (χ0) is 22.3. The molecule has 0 aliphatic rings. The van der Waals surface area contributed by atoms with E-state index in [9.17, 15) is 9.59 Å². The first-order valence-electron chi connectivity index (χ1n) is 11.0. The van der Waals surface area contributed by atoms with Crippen LogP contribution in [0.25, 0.3) is 0 Å². The van der Waals surface area contributed by atoms with Gasteiger partial charge in [0.15, 0.2) is 0 Å². The summed E-state index contributed by atoms with van der Waals surface area (Å²) in [6, 6.07) is 10.5. The summed E-state index contributed by atoms with van der Waals surface area (Å²) in [5.74, 6) is -2.82. The Hall–Kier alpha value is -1.88. The summed E-state index contributed by atoms with van der Waals surface area (Å²) >= 11 is 0. The molecule has 0 heterocycles. The predicted molar refractivity (Wildman–Crippen MR) is 119 cm³/mol. The second-order valence-corrected chi connectivity index (χ2v) is 7.17. The molecule has 5 heteroatoms. The van der Waals surface area contributed by atoms with Gasteiger partial charge >= 0.3 is 11.9 Å². The van der Waals surface area contributed by atoms with E-state index < -0.39 is 17.9 Å². The number of aliphatic hydroxyl groups is 1. The standard InChI is InChI=1S/C13H24O5.C8H10.C3H8/c14-9-7-5-3-1-2-4-6-8-11(13(17)18)10-12(15)16;1-2-8-6-4-3-5-7-8;1-3-2/h11,14H,1-10H2,(H,15,16)(H,17,18);3-7H,2H2,1H3;3H2,1-2H3/t11-;;/m0../s1. The third kappa shape index (κ3) is 22.3. The van der Waals surface area contributed by atoms with Crippen LogP contribution in [0.3, 0.4) is 0 Å². The number of aliphatic carboxylic acids is 2. The highest BCUT2D eigenvalue weighted by atomic mass is 16.4. The van der Waals surface area contributed by atoms with Gasteiger partial charge in [0.05, 0.1) is 12.3 Å². The molecule has 1 rings (SSSR count). The van der Waals surface area contributed by atoms with Crippen LogP contribution in [-0.2, 0) is 16.0 Å². The summed E-state index contributed by atoms with van der Waals surface area (Å²) < 4.78 is 0. The van der Waals surface area contributed by atoms with Gasteiger partial charge in [0.25, 0.3) is 0 Å². The van der Waals surface area contributed by atoms with Crippen LogP contribution < -0.4 is 0 Å². The lowest BCUT2D eigenvalue weighted by Crippen LogP contribution is -2.17. The lowest BCUT2D eigenvalue weighted by Gasteiger charge is -2.09. The van der Waals surface area contributed by atoms with Crippen molar-refractivity contribution in [1.82, 2.24) is 0 Å². The van der Waals surface area contributed by atoms with Crippen molar-refractivity contribution in [2.45, 2.75) is 91.4 Å². The van der Waals surface area contributed by atoms with Crippen LogP contribution in [0.1, 0.15) is 90.5 Å². The van der Waals surface area contributed by atoms with Crippen LogP contribution >= 0.6 is 0 Å². The van der Waals surface area contributed by atoms with Crippen molar-refractivity contribution < 1.29 is 24.9 Å². The van der Waals surface area contributed by atoms with Crippen LogP contribution in [0.5, 0.6) is 0 Å². The first kappa shape index (κ1) is 29.3. The second-order valence-electron chi connectivity index (χ2n) is 7.17.